The Morgan fingerprint density at radius 1 is 1.48 bits per heavy atom. The molecule has 1 fully saturated rings. The van der Waals surface area contributed by atoms with Gasteiger partial charge in [0, 0.05) is 24.5 Å². The van der Waals surface area contributed by atoms with E-state index in [4.69, 9.17) is 11.5 Å². The molecule has 2 heterocycles. The zero-order valence-electron chi connectivity index (χ0n) is 15.1. The second-order valence-corrected chi connectivity index (χ2v) is 6.60. The van der Waals surface area contributed by atoms with Crippen LogP contribution in [0.4, 0.5) is 5.82 Å². The Labute approximate surface area is 148 Å². The summed E-state index contributed by atoms with van der Waals surface area (Å²) in [6.45, 7) is 10.4. The molecule has 0 bridgehead atoms. The van der Waals surface area contributed by atoms with Gasteiger partial charge in [0.05, 0.1) is 5.70 Å². The highest BCUT2D eigenvalue weighted by Gasteiger charge is 2.21. The SMILES string of the molecule is C=N/C(=C\C=C(/C)n1ccc(N)nc1=O)CN1CCC(C(C)N)CC1. The lowest BCUT2D eigenvalue weighted by Gasteiger charge is -2.33. The number of likely N-dealkylation sites (tertiary alicyclic amines) is 1. The molecule has 1 aromatic heterocycles. The predicted octanol–water partition coefficient (Wildman–Crippen LogP) is 1.33. The van der Waals surface area contributed by atoms with Crippen LogP contribution in [0.15, 0.2) is 39.9 Å². The van der Waals surface area contributed by atoms with E-state index in [0.29, 0.717) is 5.92 Å². The Morgan fingerprint density at radius 2 is 2.16 bits per heavy atom. The Balaban J connectivity index is 2.02. The monoisotopic (exact) mass is 344 g/mol. The smallest absolute Gasteiger partial charge is 0.353 e. The maximum absolute atomic E-state index is 11.9. The summed E-state index contributed by atoms with van der Waals surface area (Å²) in [5.41, 5.74) is 12.7. The molecule has 7 nitrogen and oxygen atoms in total. The fraction of sp³-hybridized carbons (Fsp3) is 0.500. The summed E-state index contributed by atoms with van der Waals surface area (Å²) in [6, 6.07) is 1.85. The summed E-state index contributed by atoms with van der Waals surface area (Å²) in [6.07, 6.45) is 7.58. The Hall–Kier alpha value is -2.25. The second-order valence-electron chi connectivity index (χ2n) is 6.60. The molecule has 7 heteroatoms. The molecule has 4 N–H and O–H groups in total. The number of anilines is 1. The van der Waals surface area contributed by atoms with E-state index in [1.807, 2.05) is 19.1 Å². The number of allylic oxidation sites excluding steroid dienone is 3. The molecule has 0 aliphatic carbocycles. The van der Waals surface area contributed by atoms with Gasteiger partial charge in [-0.15, -0.1) is 0 Å². The minimum atomic E-state index is -0.395. The van der Waals surface area contributed by atoms with Crippen LogP contribution in [0.2, 0.25) is 0 Å². The molecular formula is C18H28N6O. The van der Waals surface area contributed by atoms with Crippen LogP contribution in [0.1, 0.15) is 26.7 Å². The number of aromatic nitrogens is 2. The number of hydrogen-bond donors (Lipinski definition) is 2. The molecule has 0 aromatic carbocycles. The van der Waals surface area contributed by atoms with Gasteiger partial charge in [0.2, 0.25) is 0 Å². The van der Waals surface area contributed by atoms with Crippen LogP contribution in [0.3, 0.4) is 0 Å². The molecule has 1 atom stereocenters. The minimum Gasteiger partial charge on any atom is -0.383 e. The molecular weight excluding hydrogens is 316 g/mol. The molecule has 1 saturated heterocycles. The van der Waals surface area contributed by atoms with Gasteiger partial charge in [-0.1, -0.05) is 0 Å². The number of hydrogen-bond acceptors (Lipinski definition) is 6. The first-order valence-electron chi connectivity index (χ1n) is 8.58. The lowest BCUT2D eigenvalue weighted by molar-refractivity contribution is 0.183. The van der Waals surface area contributed by atoms with Gasteiger partial charge in [0.1, 0.15) is 5.82 Å². The van der Waals surface area contributed by atoms with E-state index in [-0.39, 0.29) is 11.9 Å². The fourth-order valence-electron chi connectivity index (χ4n) is 3.00. The molecule has 0 amide bonds. The van der Waals surface area contributed by atoms with Crippen molar-refractivity contribution in [2.75, 3.05) is 25.4 Å². The third-order valence-corrected chi connectivity index (χ3v) is 4.69. The molecule has 2 rings (SSSR count). The molecule has 0 saturated carbocycles. The van der Waals surface area contributed by atoms with Crippen molar-refractivity contribution in [3.8, 4) is 0 Å². The van der Waals surface area contributed by atoms with Crippen LogP contribution in [0.25, 0.3) is 5.70 Å². The highest BCUT2D eigenvalue weighted by molar-refractivity contribution is 5.47. The van der Waals surface area contributed by atoms with Crippen molar-refractivity contribution in [2.24, 2.45) is 16.6 Å². The van der Waals surface area contributed by atoms with E-state index in [1.165, 1.54) is 4.57 Å². The molecule has 1 unspecified atom stereocenters. The quantitative estimate of drug-likeness (QED) is 0.599. The number of rotatable bonds is 6. The topological polar surface area (TPSA) is 103 Å². The summed E-state index contributed by atoms with van der Waals surface area (Å²) in [5.74, 6) is 0.820. The van der Waals surface area contributed by atoms with Gasteiger partial charge >= 0.3 is 5.69 Å². The number of nitrogen functional groups attached to an aromatic ring is 1. The Bertz CT molecular complexity index is 711. The van der Waals surface area contributed by atoms with Crippen molar-refractivity contribution >= 4 is 18.2 Å². The molecule has 1 aromatic rings. The van der Waals surface area contributed by atoms with Crippen LogP contribution in [0.5, 0.6) is 0 Å². The van der Waals surface area contributed by atoms with Crippen molar-refractivity contribution in [1.82, 2.24) is 14.5 Å². The summed E-state index contributed by atoms with van der Waals surface area (Å²) in [7, 11) is 0. The molecule has 0 radical (unpaired) electrons. The number of piperidine rings is 1. The molecule has 136 valence electrons. The van der Waals surface area contributed by atoms with E-state index >= 15 is 0 Å². The number of aliphatic imine (C=N–C) groups is 1. The van der Waals surface area contributed by atoms with E-state index in [0.717, 1.165) is 43.9 Å². The number of nitrogens with two attached hydrogens (primary N) is 2. The Kier molecular flexibility index (Phi) is 6.66. The average molecular weight is 344 g/mol. The summed E-state index contributed by atoms with van der Waals surface area (Å²) in [5, 5.41) is 0. The summed E-state index contributed by atoms with van der Waals surface area (Å²) < 4.78 is 1.45. The third-order valence-electron chi connectivity index (χ3n) is 4.69. The maximum atomic E-state index is 11.9. The zero-order valence-corrected chi connectivity index (χ0v) is 15.1. The van der Waals surface area contributed by atoms with E-state index < -0.39 is 5.69 Å². The lowest BCUT2D eigenvalue weighted by atomic mass is 9.91. The van der Waals surface area contributed by atoms with Gasteiger partial charge in [-0.2, -0.15) is 4.98 Å². The standard InChI is InChI=1S/C18H28N6O/c1-13(24-11-8-17(20)22-18(24)25)4-5-16(21-3)12-23-9-6-15(7-10-23)14(2)19/h4-5,8,11,14-15H,3,6-7,9-10,12,19H2,1-2H3,(H2,20,22,25)/b13-4+,16-5-. The first kappa shape index (κ1) is 19.1. The van der Waals surface area contributed by atoms with Crippen LogP contribution in [-0.4, -0.2) is 46.8 Å². The highest BCUT2D eigenvalue weighted by Crippen LogP contribution is 2.20. The number of nitrogens with zero attached hydrogens (tertiary/aromatic N) is 4. The summed E-state index contributed by atoms with van der Waals surface area (Å²) >= 11 is 0. The van der Waals surface area contributed by atoms with Crippen LogP contribution in [0, 0.1) is 5.92 Å². The van der Waals surface area contributed by atoms with Gasteiger partial charge in [-0.25, -0.2) is 4.79 Å². The lowest BCUT2D eigenvalue weighted by Crippen LogP contribution is -2.40. The van der Waals surface area contributed by atoms with Crippen LogP contribution in [-0.2, 0) is 0 Å². The van der Waals surface area contributed by atoms with Crippen LogP contribution >= 0.6 is 0 Å². The van der Waals surface area contributed by atoms with E-state index in [9.17, 15) is 4.79 Å². The molecule has 1 aliphatic heterocycles. The zero-order chi connectivity index (χ0) is 18.4. The minimum absolute atomic E-state index is 0.216. The van der Waals surface area contributed by atoms with Crippen molar-refractivity contribution in [3.05, 3.63) is 40.6 Å². The molecule has 0 spiro atoms. The predicted molar refractivity (Wildman–Crippen MR) is 103 cm³/mol. The van der Waals surface area contributed by atoms with Crippen LogP contribution < -0.4 is 17.2 Å². The van der Waals surface area contributed by atoms with E-state index in [2.05, 4.69) is 28.5 Å². The van der Waals surface area contributed by atoms with Gasteiger partial charge < -0.3 is 11.5 Å². The van der Waals surface area contributed by atoms with Crippen molar-refractivity contribution in [1.29, 1.82) is 0 Å². The van der Waals surface area contributed by atoms with E-state index in [1.54, 1.807) is 12.3 Å². The van der Waals surface area contributed by atoms with Gasteiger partial charge in [-0.05, 0) is 70.6 Å². The first-order chi connectivity index (χ1) is 11.9. The van der Waals surface area contributed by atoms with Crippen molar-refractivity contribution < 1.29 is 0 Å². The normalized spacial score (nSPS) is 19.0. The fourth-order valence-corrected chi connectivity index (χ4v) is 3.00. The van der Waals surface area contributed by atoms with Gasteiger partial charge in [-0.3, -0.25) is 14.5 Å². The first-order valence-corrected chi connectivity index (χ1v) is 8.58. The average Bonchev–Trinajstić information content (AvgIpc) is 2.58. The maximum Gasteiger partial charge on any atom is 0.353 e. The largest absolute Gasteiger partial charge is 0.383 e. The Morgan fingerprint density at radius 3 is 2.72 bits per heavy atom. The molecule has 1 aliphatic rings. The molecule has 25 heavy (non-hydrogen) atoms. The van der Waals surface area contributed by atoms with Gasteiger partial charge in [0.25, 0.3) is 0 Å². The highest BCUT2D eigenvalue weighted by atomic mass is 16.1. The van der Waals surface area contributed by atoms with Crippen molar-refractivity contribution in [3.63, 3.8) is 0 Å². The second kappa shape index (κ2) is 8.73. The van der Waals surface area contributed by atoms with Crippen molar-refractivity contribution in [2.45, 2.75) is 32.7 Å². The summed E-state index contributed by atoms with van der Waals surface area (Å²) in [4.78, 5) is 22.1. The third kappa shape index (κ3) is 5.37. The van der Waals surface area contributed by atoms with Gasteiger partial charge in [0.15, 0.2) is 0 Å².